The Kier molecular flexibility index (Phi) is 13.1. The highest BCUT2D eigenvalue weighted by molar-refractivity contribution is 5.52. The van der Waals surface area contributed by atoms with Gasteiger partial charge in [-0.05, 0) is 25.9 Å². The van der Waals surface area contributed by atoms with Gasteiger partial charge in [0.15, 0.2) is 0 Å². The van der Waals surface area contributed by atoms with Crippen molar-refractivity contribution in [3.05, 3.63) is 0 Å². The zero-order valence-corrected chi connectivity index (χ0v) is 12.4. The van der Waals surface area contributed by atoms with Crippen LogP contribution in [0.5, 0.6) is 0 Å². The van der Waals surface area contributed by atoms with Gasteiger partial charge in [-0.15, -0.1) is 0 Å². The highest BCUT2D eigenvalue weighted by Crippen LogP contribution is 1.93. The Hall–Kier alpha value is -0.780. The summed E-state index contributed by atoms with van der Waals surface area (Å²) >= 11 is 0. The van der Waals surface area contributed by atoms with Crippen molar-refractivity contribution in [2.75, 3.05) is 52.4 Å². The predicted octanol–water partition coefficient (Wildman–Crippen LogP) is 0.398. The van der Waals surface area contributed by atoms with Crippen molar-refractivity contribution < 1.29 is 9.59 Å². The molecule has 0 spiro atoms. The van der Waals surface area contributed by atoms with Gasteiger partial charge in [-0.1, -0.05) is 13.8 Å². The van der Waals surface area contributed by atoms with Gasteiger partial charge in [0.1, 0.15) is 12.6 Å². The third-order valence-electron chi connectivity index (χ3n) is 2.97. The minimum absolute atomic E-state index is 0.467. The SMILES string of the molecule is CCCNCCN(CC=O)CCN(CC=O)CCC. The number of hydrogen-bond acceptors (Lipinski definition) is 5. The third kappa shape index (κ3) is 10.8. The van der Waals surface area contributed by atoms with E-state index < -0.39 is 0 Å². The molecule has 1 N–H and O–H groups in total. The van der Waals surface area contributed by atoms with Crippen LogP contribution >= 0.6 is 0 Å². The molecular formula is C14H29N3O2. The second kappa shape index (κ2) is 13.6. The van der Waals surface area contributed by atoms with Crippen molar-refractivity contribution in [2.24, 2.45) is 0 Å². The van der Waals surface area contributed by atoms with Crippen molar-refractivity contribution in [3.8, 4) is 0 Å². The van der Waals surface area contributed by atoms with E-state index in [1.807, 2.05) is 0 Å². The fourth-order valence-corrected chi connectivity index (χ4v) is 1.94. The van der Waals surface area contributed by atoms with Crippen molar-refractivity contribution in [1.82, 2.24) is 15.1 Å². The number of nitrogens with zero attached hydrogens (tertiary/aromatic N) is 2. The van der Waals surface area contributed by atoms with Crippen molar-refractivity contribution in [1.29, 1.82) is 0 Å². The molecule has 0 aliphatic heterocycles. The van der Waals surface area contributed by atoms with Crippen LogP contribution in [0.2, 0.25) is 0 Å². The highest BCUT2D eigenvalue weighted by Gasteiger charge is 2.07. The zero-order chi connectivity index (χ0) is 14.3. The van der Waals surface area contributed by atoms with Gasteiger partial charge in [-0.3, -0.25) is 9.80 Å². The molecule has 0 fully saturated rings. The molecule has 0 saturated carbocycles. The van der Waals surface area contributed by atoms with E-state index in [2.05, 4.69) is 29.0 Å². The maximum Gasteiger partial charge on any atom is 0.133 e. The normalized spacial score (nSPS) is 11.2. The smallest absolute Gasteiger partial charge is 0.133 e. The van der Waals surface area contributed by atoms with E-state index in [1.54, 1.807) is 0 Å². The van der Waals surface area contributed by atoms with E-state index in [1.165, 1.54) is 0 Å². The molecule has 0 aromatic rings. The molecular weight excluding hydrogens is 242 g/mol. The summed E-state index contributed by atoms with van der Waals surface area (Å²) < 4.78 is 0. The van der Waals surface area contributed by atoms with E-state index in [0.29, 0.717) is 13.1 Å². The van der Waals surface area contributed by atoms with Crippen LogP contribution in [0.4, 0.5) is 0 Å². The monoisotopic (exact) mass is 271 g/mol. The van der Waals surface area contributed by atoms with Crippen molar-refractivity contribution >= 4 is 12.6 Å². The topological polar surface area (TPSA) is 52.7 Å². The average Bonchev–Trinajstić information content (AvgIpc) is 2.41. The van der Waals surface area contributed by atoms with Crippen LogP contribution in [-0.2, 0) is 9.59 Å². The lowest BCUT2D eigenvalue weighted by Crippen LogP contribution is -2.40. The lowest BCUT2D eigenvalue weighted by Gasteiger charge is -2.25. The van der Waals surface area contributed by atoms with Crippen molar-refractivity contribution in [3.63, 3.8) is 0 Å². The summed E-state index contributed by atoms with van der Waals surface area (Å²) in [6.07, 6.45) is 4.06. The van der Waals surface area contributed by atoms with E-state index in [-0.39, 0.29) is 0 Å². The minimum Gasteiger partial charge on any atom is -0.315 e. The van der Waals surface area contributed by atoms with Gasteiger partial charge >= 0.3 is 0 Å². The Balaban J connectivity index is 3.94. The molecule has 19 heavy (non-hydrogen) atoms. The summed E-state index contributed by atoms with van der Waals surface area (Å²) in [6, 6.07) is 0. The molecule has 0 rings (SSSR count). The van der Waals surface area contributed by atoms with Crippen LogP contribution < -0.4 is 5.32 Å². The lowest BCUT2D eigenvalue weighted by molar-refractivity contribution is -0.110. The first-order chi connectivity index (χ1) is 9.28. The Labute approximate surface area is 117 Å². The maximum atomic E-state index is 10.7. The molecule has 112 valence electrons. The molecule has 5 nitrogen and oxygen atoms in total. The largest absolute Gasteiger partial charge is 0.315 e. The quantitative estimate of drug-likeness (QED) is 0.366. The predicted molar refractivity (Wildman–Crippen MR) is 78.5 cm³/mol. The van der Waals surface area contributed by atoms with Gasteiger partial charge in [0.2, 0.25) is 0 Å². The molecule has 0 aromatic heterocycles. The molecule has 0 bridgehead atoms. The van der Waals surface area contributed by atoms with E-state index in [9.17, 15) is 9.59 Å². The molecule has 0 saturated heterocycles. The third-order valence-corrected chi connectivity index (χ3v) is 2.97. The van der Waals surface area contributed by atoms with Crippen LogP contribution in [0.3, 0.4) is 0 Å². The lowest BCUT2D eigenvalue weighted by atomic mass is 10.3. The second-order valence-corrected chi connectivity index (χ2v) is 4.68. The number of nitrogens with one attached hydrogen (secondary N) is 1. The van der Waals surface area contributed by atoms with Crippen LogP contribution in [0, 0.1) is 0 Å². The highest BCUT2D eigenvalue weighted by atomic mass is 16.1. The second-order valence-electron chi connectivity index (χ2n) is 4.68. The van der Waals surface area contributed by atoms with Gasteiger partial charge in [-0.2, -0.15) is 0 Å². The molecule has 0 aromatic carbocycles. The summed E-state index contributed by atoms with van der Waals surface area (Å²) in [7, 11) is 0. The first kappa shape index (κ1) is 18.2. The van der Waals surface area contributed by atoms with Gasteiger partial charge < -0.3 is 14.9 Å². The Bertz CT molecular complexity index is 225. The van der Waals surface area contributed by atoms with Crippen LogP contribution in [0.25, 0.3) is 0 Å². The fraction of sp³-hybridized carbons (Fsp3) is 0.857. The molecule has 0 radical (unpaired) electrons. The molecule has 0 amide bonds. The summed E-state index contributed by atoms with van der Waals surface area (Å²) in [5, 5.41) is 3.33. The molecule has 0 heterocycles. The summed E-state index contributed by atoms with van der Waals surface area (Å²) in [5.74, 6) is 0. The minimum atomic E-state index is 0.467. The molecule has 5 heteroatoms. The van der Waals surface area contributed by atoms with Gasteiger partial charge in [0.05, 0.1) is 13.1 Å². The van der Waals surface area contributed by atoms with Crippen LogP contribution in [-0.4, -0.2) is 74.7 Å². The number of hydrogen-bond donors (Lipinski definition) is 1. The molecule has 0 aliphatic carbocycles. The average molecular weight is 271 g/mol. The first-order valence-electron chi connectivity index (χ1n) is 7.31. The van der Waals surface area contributed by atoms with Gasteiger partial charge in [-0.25, -0.2) is 0 Å². The number of aldehydes is 2. The molecule has 0 unspecified atom stereocenters. The summed E-state index contributed by atoms with van der Waals surface area (Å²) in [4.78, 5) is 25.5. The number of carbonyl (C=O) groups excluding carboxylic acids is 2. The Morgan fingerprint density at radius 1 is 0.789 bits per heavy atom. The number of rotatable bonds is 14. The Morgan fingerprint density at radius 2 is 1.37 bits per heavy atom. The van der Waals surface area contributed by atoms with Gasteiger partial charge in [0, 0.05) is 26.2 Å². The van der Waals surface area contributed by atoms with Crippen molar-refractivity contribution in [2.45, 2.75) is 26.7 Å². The van der Waals surface area contributed by atoms with E-state index >= 15 is 0 Å². The summed E-state index contributed by atoms with van der Waals surface area (Å²) in [5.41, 5.74) is 0. The summed E-state index contributed by atoms with van der Waals surface area (Å²) in [6.45, 7) is 10.6. The van der Waals surface area contributed by atoms with E-state index in [4.69, 9.17) is 0 Å². The molecule has 0 atom stereocenters. The molecule has 0 aliphatic rings. The van der Waals surface area contributed by atoms with Crippen LogP contribution in [0.1, 0.15) is 26.7 Å². The number of carbonyl (C=O) groups is 2. The first-order valence-corrected chi connectivity index (χ1v) is 7.31. The standard InChI is InChI=1S/C14H29N3O2/c1-3-5-15-6-8-17(12-14-19)10-9-16(7-4-2)11-13-18/h13-15H,3-12H2,1-2H3. The Morgan fingerprint density at radius 3 is 1.84 bits per heavy atom. The fourth-order valence-electron chi connectivity index (χ4n) is 1.94. The maximum absolute atomic E-state index is 10.7. The van der Waals surface area contributed by atoms with Gasteiger partial charge in [0.25, 0.3) is 0 Å². The van der Waals surface area contributed by atoms with Crippen LogP contribution in [0.15, 0.2) is 0 Å². The zero-order valence-electron chi connectivity index (χ0n) is 12.4. The van der Waals surface area contributed by atoms with E-state index in [0.717, 1.165) is 64.7 Å².